The third-order valence-corrected chi connectivity index (χ3v) is 2.55. The maximum Gasteiger partial charge on any atom is 0.514 e. The summed E-state index contributed by atoms with van der Waals surface area (Å²) in [5.41, 5.74) is -0.0828. The first-order valence-electron chi connectivity index (χ1n) is 6.28. The summed E-state index contributed by atoms with van der Waals surface area (Å²) in [5.74, 6) is -1.56. The van der Waals surface area contributed by atoms with Crippen LogP contribution in [-0.4, -0.2) is 41.7 Å². The summed E-state index contributed by atoms with van der Waals surface area (Å²) in [5, 5.41) is 34.7. The second-order valence-corrected chi connectivity index (χ2v) is 4.39. The van der Waals surface area contributed by atoms with E-state index in [9.17, 15) is 25.0 Å². The lowest BCUT2D eigenvalue weighted by Crippen LogP contribution is -2.12. The van der Waals surface area contributed by atoms with Crippen molar-refractivity contribution in [2.45, 2.75) is 13.5 Å². The molecule has 2 aromatic rings. The molecule has 1 aromatic heterocycles. The number of nitro groups is 2. The minimum Gasteiger partial charge on any atom is -0.390 e. The zero-order valence-electron chi connectivity index (χ0n) is 12.1. The first-order chi connectivity index (χ1) is 11.4. The number of rotatable bonds is 6. The highest BCUT2D eigenvalue weighted by atomic mass is 16.7. The minimum absolute atomic E-state index is 0.0460. The zero-order chi connectivity index (χ0) is 17.7. The number of non-ortho nitro benzene ring substituents is 1. The van der Waals surface area contributed by atoms with Crippen molar-refractivity contribution in [2.75, 3.05) is 0 Å². The Kier molecular flexibility index (Phi) is 4.84. The molecule has 0 atom stereocenters. The van der Waals surface area contributed by atoms with E-state index >= 15 is 0 Å². The molecule has 0 amide bonds. The summed E-state index contributed by atoms with van der Waals surface area (Å²) in [6, 6.07) is 4.95. The van der Waals surface area contributed by atoms with Gasteiger partial charge in [0, 0.05) is 17.3 Å². The summed E-state index contributed by atoms with van der Waals surface area (Å²) in [6.07, 6.45) is 0. The van der Waals surface area contributed by atoms with Gasteiger partial charge in [-0.1, -0.05) is 16.0 Å². The fourth-order valence-electron chi connectivity index (χ4n) is 1.53. The number of carbonyl (C=O) groups excluding carboxylic acids is 1. The summed E-state index contributed by atoms with van der Waals surface area (Å²) in [6.45, 7) is 1.37. The van der Waals surface area contributed by atoms with Crippen molar-refractivity contribution in [1.29, 1.82) is 0 Å². The van der Waals surface area contributed by atoms with Gasteiger partial charge in [-0.3, -0.25) is 10.1 Å². The van der Waals surface area contributed by atoms with Crippen LogP contribution in [0.25, 0.3) is 0 Å². The van der Waals surface area contributed by atoms with Crippen LogP contribution in [0.2, 0.25) is 0 Å². The third-order valence-electron chi connectivity index (χ3n) is 2.55. The van der Waals surface area contributed by atoms with Crippen molar-refractivity contribution in [3.05, 3.63) is 50.1 Å². The van der Waals surface area contributed by atoms with Crippen LogP contribution in [0.5, 0.6) is 0 Å². The normalized spacial score (nSPS) is 11.1. The molecule has 0 N–H and O–H groups in total. The molecule has 24 heavy (non-hydrogen) atoms. The lowest BCUT2D eigenvalue weighted by Gasteiger charge is -1.99. The molecule has 13 heteroatoms. The predicted molar refractivity (Wildman–Crippen MR) is 76.1 cm³/mol. The Bertz CT molecular complexity index is 830. The zero-order valence-corrected chi connectivity index (χ0v) is 12.1. The largest absolute Gasteiger partial charge is 0.514 e. The highest BCUT2D eigenvalue weighted by Gasteiger charge is 2.16. The van der Waals surface area contributed by atoms with Gasteiger partial charge in [0.25, 0.3) is 5.69 Å². The summed E-state index contributed by atoms with van der Waals surface area (Å²) >= 11 is 0. The summed E-state index contributed by atoms with van der Waals surface area (Å²) in [7, 11) is 0. The van der Waals surface area contributed by atoms with Crippen LogP contribution in [-0.2, 0) is 11.4 Å². The number of nitrogens with zero attached hydrogens (tertiary/aromatic N) is 7. The molecule has 0 bridgehead atoms. The van der Waals surface area contributed by atoms with Crippen LogP contribution in [0.4, 0.5) is 11.6 Å². The monoisotopic (exact) mass is 335 g/mol. The molecule has 0 aliphatic carbocycles. The van der Waals surface area contributed by atoms with E-state index in [4.69, 9.17) is 0 Å². The van der Waals surface area contributed by atoms with Gasteiger partial charge in [0.1, 0.15) is 6.54 Å². The molecular formula is C11H9N7O6. The fraction of sp³-hybridized carbons (Fsp3) is 0.182. The van der Waals surface area contributed by atoms with Gasteiger partial charge in [-0.15, -0.1) is 0 Å². The molecule has 0 saturated heterocycles. The number of benzene rings is 1. The molecule has 2 rings (SSSR count). The number of carbonyl (C=O) groups is 1. The lowest BCUT2D eigenvalue weighted by atomic mass is 10.2. The maximum absolute atomic E-state index is 11.8. The molecule has 1 aromatic carbocycles. The van der Waals surface area contributed by atoms with Crippen LogP contribution in [0, 0.1) is 20.2 Å². The Morgan fingerprint density at radius 2 is 2.08 bits per heavy atom. The average molecular weight is 335 g/mol. The third kappa shape index (κ3) is 4.12. The molecular weight excluding hydrogens is 326 g/mol. The van der Waals surface area contributed by atoms with Gasteiger partial charge in [0.05, 0.1) is 26.4 Å². The Morgan fingerprint density at radius 3 is 2.71 bits per heavy atom. The number of nitro benzene ring substituents is 1. The van der Waals surface area contributed by atoms with E-state index in [1.807, 2.05) is 0 Å². The molecule has 124 valence electrons. The molecule has 0 aliphatic heterocycles. The van der Waals surface area contributed by atoms with Crippen LogP contribution in [0.3, 0.4) is 0 Å². The number of hydrogen-bond acceptors (Lipinski definition) is 10. The van der Waals surface area contributed by atoms with Crippen molar-refractivity contribution < 1.29 is 19.5 Å². The highest BCUT2D eigenvalue weighted by Crippen LogP contribution is 2.14. The van der Waals surface area contributed by atoms with Crippen molar-refractivity contribution in [3.8, 4) is 0 Å². The second kappa shape index (κ2) is 6.99. The molecule has 0 radical (unpaired) electrons. The maximum atomic E-state index is 11.8. The van der Waals surface area contributed by atoms with Gasteiger partial charge in [0.15, 0.2) is 0 Å². The second-order valence-electron chi connectivity index (χ2n) is 4.39. The standard InChI is InChI=1S/C11H9N7O6/c1-7(6-16-13-11(12-15-16)18(22)23)14-24-10(19)8-3-2-4-9(5-8)17(20)21/h2-5H,6H2,1H3/b14-7+. The van der Waals surface area contributed by atoms with Gasteiger partial charge in [-0.2, -0.15) is 0 Å². The number of aromatic nitrogens is 4. The van der Waals surface area contributed by atoms with E-state index in [-0.39, 0.29) is 23.5 Å². The Labute approximate surface area is 132 Å². The van der Waals surface area contributed by atoms with Crippen molar-refractivity contribution in [2.24, 2.45) is 5.16 Å². The molecule has 0 saturated carbocycles. The van der Waals surface area contributed by atoms with E-state index in [1.165, 1.54) is 25.1 Å². The topological polar surface area (TPSA) is 169 Å². The van der Waals surface area contributed by atoms with E-state index in [2.05, 4.69) is 25.4 Å². The number of tetrazole rings is 1. The highest BCUT2D eigenvalue weighted by molar-refractivity contribution is 5.91. The van der Waals surface area contributed by atoms with Crippen LogP contribution in [0.1, 0.15) is 17.3 Å². The molecule has 1 heterocycles. The van der Waals surface area contributed by atoms with E-state index in [1.54, 1.807) is 0 Å². The van der Waals surface area contributed by atoms with Gasteiger partial charge in [0.2, 0.25) is 0 Å². The van der Waals surface area contributed by atoms with Crippen molar-refractivity contribution in [1.82, 2.24) is 20.2 Å². The predicted octanol–water partition coefficient (Wildman–Crippen LogP) is 0.722. The minimum atomic E-state index is -0.893. The van der Waals surface area contributed by atoms with Gasteiger partial charge >= 0.3 is 11.9 Å². The molecule has 0 fully saturated rings. The SMILES string of the molecule is C/C(Cn1nnc([N+](=O)[O-])n1)=N\OC(=O)c1cccc([N+](=O)[O-])c1. The summed E-state index contributed by atoms with van der Waals surface area (Å²) < 4.78 is 0. The Morgan fingerprint density at radius 1 is 1.33 bits per heavy atom. The van der Waals surface area contributed by atoms with E-state index in [0.29, 0.717) is 0 Å². The van der Waals surface area contributed by atoms with Crippen LogP contribution < -0.4 is 0 Å². The van der Waals surface area contributed by atoms with Crippen LogP contribution >= 0.6 is 0 Å². The van der Waals surface area contributed by atoms with Gasteiger partial charge < -0.3 is 15.0 Å². The Balaban J connectivity index is 2.00. The van der Waals surface area contributed by atoms with Crippen molar-refractivity contribution >= 4 is 23.3 Å². The first-order valence-corrected chi connectivity index (χ1v) is 6.28. The van der Waals surface area contributed by atoms with Gasteiger partial charge in [-0.05, 0) is 17.9 Å². The van der Waals surface area contributed by atoms with Crippen molar-refractivity contribution in [3.63, 3.8) is 0 Å². The molecule has 0 unspecified atom stereocenters. The van der Waals surface area contributed by atoms with E-state index < -0.39 is 21.8 Å². The molecule has 0 aliphatic rings. The first kappa shape index (κ1) is 16.6. The fourth-order valence-corrected chi connectivity index (χ4v) is 1.53. The quantitative estimate of drug-likeness (QED) is 0.319. The lowest BCUT2D eigenvalue weighted by molar-refractivity contribution is -0.394. The average Bonchev–Trinajstić information content (AvgIpc) is 3.01. The smallest absolute Gasteiger partial charge is 0.390 e. The van der Waals surface area contributed by atoms with Crippen LogP contribution in [0.15, 0.2) is 29.4 Å². The molecule has 0 spiro atoms. The Hall–Kier alpha value is -3.77. The number of hydrogen-bond donors (Lipinski definition) is 0. The number of oxime groups is 1. The van der Waals surface area contributed by atoms with Gasteiger partial charge in [-0.25, -0.2) is 4.79 Å². The van der Waals surface area contributed by atoms with E-state index in [0.717, 1.165) is 10.9 Å². The summed E-state index contributed by atoms with van der Waals surface area (Å²) in [4.78, 5) is 37.0. The molecule has 13 nitrogen and oxygen atoms in total.